The molecule has 1 amide bonds. The van der Waals surface area contributed by atoms with E-state index >= 15 is 0 Å². The minimum Gasteiger partial charge on any atom is -0.397 e. The fourth-order valence-corrected chi connectivity index (χ4v) is 3.82. The number of nitrogens with one attached hydrogen (secondary N) is 1. The lowest BCUT2D eigenvalue weighted by atomic mass is 9.91. The maximum absolute atomic E-state index is 13.1. The Labute approximate surface area is 154 Å². The van der Waals surface area contributed by atoms with Gasteiger partial charge in [0.25, 0.3) is 5.91 Å². The van der Waals surface area contributed by atoms with E-state index in [2.05, 4.69) is 24.1 Å². The minimum absolute atomic E-state index is 0.299. The highest BCUT2D eigenvalue weighted by atomic mass is 19.1. The maximum Gasteiger partial charge on any atom is 0.255 e. The van der Waals surface area contributed by atoms with Gasteiger partial charge >= 0.3 is 0 Å². The molecule has 1 saturated heterocycles. The number of nitrogens with zero attached hydrogens (tertiary/aromatic N) is 1. The Kier molecular flexibility index (Phi) is 5.16. The van der Waals surface area contributed by atoms with E-state index in [0.29, 0.717) is 28.8 Å². The molecule has 4 nitrogen and oxygen atoms in total. The molecule has 138 valence electrons. The molecule has 0 saturated carbocycles. The highest BCUT2D eigenvalue weighted by molar-refractivity contribution is 6.06. The van der Waals surface area contributed by atoms with Gasteiger partial charge in [0.05, 0.1) is 11.4 Å². The first kappa shape index (κ1) is 18.2. The Hall–Kier alpha value is -2.56. The Balaban J connectivity index is 1.86. The highest BCUT2D eigenvalue weighted by Crippen LogP contribution is 2.33. The molecule has 0 aromatic heterocycles. The van der Waals surface area contributed by atoms with Crippen molar-refractivity contribution in [2.24, 2.45) is 11.8 Å². The normalized spacial score (nSPS) is 20.1. The molecule has 0 unspecified atom stereocenters. The van der Waals surface area contributed by atoms with Crippen molar-refractivity contribution in [3.8, 4) is 0 Å². The number of hydrogen-bond donors (Lipinski definition) is 2. The van der Waals surface area contributed by atoms with Crippen LogP contribution in [0.1, 0.15) is 36.2 Å². The largest absolute Gasteiger partial charge is 0.397 e. The summed E-state index contributed by atoms with van der Waals surface area (Å²) in [4.78, 5) is 14.8. The van der Waals surface area contributed by atoms with Crippen molar-refractivity contribution in [1.29, 1.82) is 0 Å². The molecule has 26 heavy (non-hydrogen) atoms. The van der Waals surface area contributed by atoms with Crippen LogP contribution < -0.4 is 16.0 Å². The number of aryl methyl sites for hydroxylation is 1. The predicted octanol–water partition coefficient (Wildman–Crippen LogP) is 4.45. The predicted molar refractivity (Wildman–Crippen MR) is 105 cm³/mol. The molecule has 2 aromatic carbocycles. The summed E-state index contributed by atoms with van der Waals surface area (Å²) in [6, 6.07) is 9.33. The third kappa shape index (κ3) is 3.98. The summed E-state index contributed by atoms with van der Waals surface area (Å²) in [6.07, 6.45) is 1.23. The van der Waals surface area contributed by atoms with E-state index in [4.69, 9.17) is 5.73 Å². The van der Waals surface area contributed by atoms with Gasteiger partial charge in [-0.3, -0.25) is 4.79 Å². The average Bonchev–Trinajstić information content (AvgIpc) is 2.57. The van der Waals surface area contributed by atoms with Crippen molar-refractivity contribution < 1.29 is 9.18 Å². The summed E-state index contributed by atoms with van der Waals surface area (Å²) in [5, 5.41) is 2.86. The molecule has 0 spiro atoms. The van der Waals surface area contributed by atoms with Gasteiger partial charge in [-0.2, -0.15) is 0 Å². The lowest BCUT2D eigenvalue weighted by molar-refractivity contribution is 0.102. The van der Waals surface area contributed by atoms with Crippen LogP contribution in [0.3, 0.4) is 0 Å². The molecular weight excluding hydrogens is 329 g/mol. The molecule has 0 aliphatic carbocycles. The molecule has 0 bridgehead atoms. The van der Waals surface area contributed by atoms with Crippen molar-refractivity contribution in [3.63, 3.8) is 0 Å². The van der Waals surface area contributed by atoms with Crippen LogP contribution in [0.4, 0.5) is 21.5 Å². The van der Waals surface area contributed by atoms with Crippen LogP contribution in [0.2, 0.25) is 0 Å². The Morgan fingerprint density at radius 1 is 1.15 bits per heavy atom. The van der Waals surface area contributed by atoms with E-state index in [1.54, 1.807) is 0 Å². The summed E-state index contributed by atoms with van der Waals surface area (Å²) < 4.78 is 13.1. The summed E-state index contributed by atoms with van der Waals surface area (Å²) in [5.74, 6) is 0.597. The Morgan fingerprint density at radius 2 is 1.77 bits per heavy atom. The van der Waals surface area contributed by atoms with Crippen LogP contribution in [0.25, 0.3) is 0 Å². The van der Waals surface area contributed by atoms with Gasteiger partial charge in [-0.15, -0.1) is 0 Å². The molecule has 1 fully saturated rings. The molecule has 3 N–H and O–H groups in total. The first-order valence-electron chi connectivity index (χ1n) is 9.05. The third-order valence-corrected chi connectivity index (χ3v) is 4.93. The van der Waals surface area contributed by atoms with Crippen LogP contribution in [-0.4, -0.2) is 19.0 Å². The zero-order valence-corrected chi connectivity index (χ0v) is 15.6. The van der Waals surface area contributed by atoms with Crippen molar-refractivity contribution in [1.82, 2.24) is 0 Å². The molecule has 3 rings (SSSR count). The standard InChI is InChI=1S/C21H26FN3O/c1-13-8-14(2)12-25(11-13)20-10-19(18(23)9-15(20)3)24-21(26)16-4-6-17(22)7-5-16/h4-7,9-10,13-14H,8,11-12,23H2,1-3H3,(H,24,26)/t13-,14+. The van der Waals surface area contributed by atoms with Crippen LogP contribution >= 0.6 is 0 Å². The van der Waals surface area contributed by atoms with Crippen LogP contribution in [0.15, 0.2) is 36.4 Å². The average molecular weight is 355 g/mol. The van der Waals surface area contributed by atoms with E-state index in [0.717, 1.165) is 24.3 Å². The quantitative estimate of drug-likeness (QED) is 0.800. The summed E-state index contributed by atoms with van der Waals surface area (Å²) in [7, 11) is 0. The second kappa shape index (κ2) is 7.36. The topological polar surface area (TPSA) is 58.4 Å². The highest BCUT2D eigenvalue weighted by Gasteiger charge is 2.24. The number of anilines is 3. The molecule has 5 heteroatoms. The molecule has 1 heterocycles. The number of nitrogens with two attached hydrogens (primary N) is 1. The fraction of sp³-hybridized carbons (Fsp3) is 0.381. The van der Waals surface area contributed by atoms with E-state index in [1.165, 1.54) is 30.7 Å². The van der Waals surface area contributed by atoms with Crippen LogP contribution in [-0.2, 0) is 0 Å². The van der Waals surface area contributed by atoms with Gasteiger partial charge in [0.1, 0.15) is 5.82 Å². The summed E-state index contributed by atoms with van der Waals surface area (Å²) in [6.45, 7) is 8.58. The van der Waals surface area contributed by atoms with Crippen LogP contribution in [0, 0.1) is 24.6 Å². The smallest absolute Gasteiger partial charge is 0.255 e. The third-order valence-electron chi connectivity index (χ3n) is 4.93. The summed E-state index contributed by atoms with van der Waals surface area (Å²) >= 11 is 0. The van der Waals surface area contributed by atoms with Gasteiger partial charge in [-0.05, 0) is 67.1 Å². The molecule has 2 atom stereocenters. The first-order chi connectivity index (χ1) is 12.3. The van der Waals surface area contributed by atoms with Crippen molar-refractivity contribution in [2.75, 3.05) is 29.0 Å². The minimum atomic E-state index is -0.368. The monoisotopic (exact) mass is 355 g/mol. The van der Waals surface area contributed by atoms with Gasteiger partial charge in [0.15, 0.2) is 0 Å². The number of carbonyl (C=O) groups is 1. The van der Waals surface area contributed by atoms with E-state index in [-0.39, 0.29) is 11.7 Å². The second-order valence-electron chi connectivity index (χ2n) is 7.54. The number of hydrogen-bond acceptors (Lipinski definition) is 3. The van der Waals surface area contributed by atoms with Gasteiger partial charge in [-0.25, -0.2) is 4.39 Å². The number of carbonyl (C=O) groups excluding carboxylic acids is 1. The molecule has 1 aliphatic heterocycles. The lowest BCUT2D eigenvalue weighted by Gasteiger charge is -2.37. The summed E-state index contributed by atoms with van der Waals surface area (Å²) in [5.41, 5.74) is 9.85. The van der Waals surface area contributed by atoms with Gasteiger partial charge in [0.2, 0.25) is 0 Å². The molecule has 1 aliphatic rings. The second-order valence-corrected chi connectivity index (χ2v) is 7.54. The van der Waals surface area contributed by atoms with E-state index in [1.807, 2.05) is 19.1 Å². The Morgan fingerprint density at radius 3 is 2.38 bits per heavy atom. The first-order valence-corrected chi connectivity index (χ1v) is 9.05. The van der Waals surface area contributed by atoms with Crippen molar-refractivity contribution in [2.45, 2.75) is 27.2 Å². The molecule has 2 aromatic rings. The van der Waals surface area contributed by atoms with Gasteiger partial charge < -0.3 is 16.0 Å². The van der Waals surface area contributed by atoms with Gasteiger partial charge in [0, 0.05) is 24.3 Å². The molecule has 0 radical (unpaired) electrons. The van der Waals surface area contributed by atoms with Crippen molar-refractivity contribution >= 4 is 23.0 Å². The number of amides is 1. The SMILES string of the molecule is Cc1cc(N)c(NC(=O)c2ccc(F)cc2)cc1N1C[C@H](C)C[C@H](C)C1. The number of halogens is 1. The maximum atomic E-state index is 13.1. The van der Waals surface area contributed by atoms with E-state index < -0.39 is 0 Å². The number of piperidine rings is 1. The lowest BCUT2D eigenvalue weighted by Crippen LogP contribution is -2.39. The number of rotatable bonds is 3. The number of benzene rings is 2. The Bertz CT molecular complexity index is 794. The zero-order valence-electron chi connectivity index (χ0n) is 15.6. The number of nitrogen functional groups attached to an aromatic ring is 1. The molecular formula is C21H26FN3O. The van der Waals surface area contributed by atoms with Crippen molar-refractivity contribution in [3.05, 3.63) is 53.3 Å². The van der Waals surface area contributed by atoms with E-state index in [9.17, 15) is 9.18 Å². The fourth-order valence-electron chi connectivity index (χ4n) is 3.82. The van der Waals surface area contributed by atoms with Gasteiger partial charge in [-0.1, -0.05) is 13.8 Å². The van der Waals surface area contributed by atoms with Crippen LogP contribution in [0.5, 0.6) is 0 Å². The zero-order chi connectivity index (χ0) is 18.8.